The first kappa shape index (κ1) is 18.7. The molecule has 0 N–H and O–H groups in total. The molecule has 148 valence electrons. The summed E-state index contributed by atoms with van der Waals surface area (Å²) < 4.78 is 7.35. The van der Waals surface area contributed by atoms with Crippen LogP contribution in [-0.4, -0.2) is 56.6 Å². The van der Waals surface area contributed by atoms with E-state index in [1.54, 1.807) is 0 Å². The Morgan fingerprint density at radius 2 is 1.89 bits per heavy atom. The zero-order valence-corrected chi connectivity index (χ0v) is 16.8. The van der Waals surface area contributed by atoms with Gasteiger partial charge in [0, 0.05) is 45.2 Å². The smallest absolute Gasteiger partial charge is 0.222 e. The van der Waals surface area contributed by atoms with Gasteiger partial charge < -0.3 is 14.0 Å². The molecule has 1 fully saturated rings. The summed E-state index contributed by atoms with van der Waals surface area (Å²) in [6, 6.07) is 8.21. The molecule has 1 saturated heterocycles. The molecule has 0 aliphatic carbocycles. The van der Waals surface area contributed by atoms with E-state index in [-0.39, 0.29) is 5.91 Å². The average molecular weight is 381 g/mol. The minimum atomic E-state index is 0.211. The molecular weight excluding hydrogens is 354 g/mol. The van der Waals surface area contributed by atoms with Crippen molar-refractivity contribution in [2.75, 3.05) is 26.2 Å². The molecule has 0 spiro atoms. The third-order valence-corrected chi connectivity index (χ3v) is 5.74. The van der Waals surface area contributed by atoms with Crippen LogP contribution in [0.25, 0.3) is 11.0 Å². The molecule has 3 heterocycles. The summed E-state index contributed by atoms with van der Waals surface area (Å²) in [5.41, 5.74) is 4.14. The van der Waals surface area contributed by atoms with Crippen LogP contribution in [0.15, 0.2) is 28.8 Å². The topological polar surface area (TPSA) is 67.4 Å². The molecule has 3 aromatic rings. The van der Waals surface area contributed by atoms with Crippen molar-refractivity contribution in [2.45, 2.75) is 33.2 Å². The molecule has 2 aromatic heterocycles. The number of nitrogens with zero attached hydrogens (tertiary/aromatic N) is 5. The Kier molecular flexibility index (Phi) is 5.17. The molecule has 7 heteroatoms. The van der Waals surface area contributed by atoms with Crippen molar-refractivity contribution in [3.05, 3.63) is 47.1 Å². The summed E-state index contributed by atoms with van der Waals surface area (Å²) in [4.78, 5) is 21.7. The molecule has 28 heavy (non-hydrogen) atoms. The van der Waals surface area contributed by atoms with Crippen LogP contribution in [0.5, 0.6) is 0 Å². The van der Waals surface area contributed by atoms with Crippen LogP contribution < -0.4 is 0 Å². The minimum absolute atomic E-state index is 0.211. The van der Waals surface area contributed by atoms with Crippen molar-refractivity contribution in [3.63, 3.8) is 0 Å². The van der Waals surface area contributed by atoms with E-state index in [4.69, 9.17) is 9.51 Å². The maximum atomic E-state index is 12.6. The molecule has 0 atom stereocenters. The number of carbonyl (C=O) groups is 1. The maximum absolute atomic E-state index is 12.6. The van der Waals surface area contributed by atoms with Crippen LogP contribution in [-0.2, 0) is 24.8 Å². The second-order valence-electron chi connectivity index (χ2n) is 7.54. The van der Waals surface area contributed by atoms with Gasteiger partial charge in [-0.05, 0) is 32.4 Å². The van der Waals surface area contributed by atoms with Crippen LogP contribution in [0.2, 0.25) is 0 Å². The molecule has 0 unspecified atom stereocenters. The van der Waals surface area contributed by atoms with Crippen molar-refractivity contribution >= 4 is 16.9 Å². The second kappa shape index (κ2) is 7.75. The van der Waals surface area contributed by atoms with Crippen molar-refractivity contribution in [2.24, 2.45) is 7.05 Å². The first-order valence-electron chi connectivity index (χ1n) is 9.85. The summed E-state index contributed by atoms with van der Waals surface area (Å²) >= 11 is 0. The first-order chi connectivity index (χ1) is 13.5. The van der Waals surface area contributed by atoms with Crippen molar-refractivity contribution in [1.29, 1.82) is 0 Å². The normalized spacial score (nSPS) is 15.5. The van der Waals surface area contributed by atoms with Gasteiger partial charge in [0.2, 0.25) is 5.91 Å². The summed E-state index contributed by atoms with van der Waals surface area (Å²) in [7, 11) is 2.07. The van der Waals surface area contributed by atoms with Crippen LogP contribution in [0.1, 0.15) is 29.3 Å². The Bertz CT molecular complexity index is 963. The molecule has 0 bridgehead atoms. The van der Waals surface area contributed by atoms with E-state index in [0.29, 0.717) is 12.8 Å². The Balaban J connectivity index is 1.30. The van der Waals surface area contributed by atoms with Gasteiger partial charge in [-0.3, -0.25) is 9.69 Å². The van der Waals surface area contributed by atoms with E-state index in [0.717, 1.165) is 66.6 Å². The lowest BCUT2D eigenvalue weighted by molar-refractivity contribution is -0.133. The highest BCUT2D eigenvalue weighted by Gasteiger charge is 2.23. The number of hydrogen-bond acceptors (Lipinski definition) is 5. The zero-order valence-electron chi connectivity index (χ0n) is 16.8. The lowest BCUT2D eigenvalue weighted by Crippen LogP contribution is -2.48. The SMILES string of the molecule is Cc1noc(C)c1CCC(=O)N1CCN(Cc2nc3ccccc3n2C)CC1. The number of para-hydroxylation sites is 2. The van der Waals surface area contributed by atoms with Gasteiger partial charge in [0.25, 0.3) is 0 Å². The number of amides is 1. The summed E-state index contributed by atoms with van der Waals surface area (Å²) in [5, 5.41) is 3.96. The van der Waals surface area contributed by atoms with Gasteiger partial charge in [0.15, 0.2) is 0 Å². The van der Waals surface area contributed by atoms with Gasteiger partial charge in [0.1, 0.15) is 11.6 Å². The molecule has 7 nitrogen and oxygen atoms in total. The molecule has 0 saturated carbocycles. The van der Waals surface area contributed by atoms with Gasteiger partial charge in [0.05, 0.1) is 23.3 Å². The first-order valence-corrected chi connectivity index (χ1v) is 9.85. The van der Waals surface area contributed by atoms with Crippen LogP contribution in [0.3, 0.4) is 0 Å². The molecule has 0 radical (unpaired) electrons. The van der Waals surface area contributed by atoms with Gasteiger partial charge in [-0.25, -0.2) is 4.98 Å². The van der Waals surface area contributed by atoms with Crippen LogP contribution >= 0.6 is 0 Å². The van der Waals surface area contributed by atoms with Crippen molar-refractivity contribution in [1.82, 2.24) is 24.5 Å². The Labute approximate surface area is 164 Å². The number of carbonyl (C=O) groups excluding carboxylic acids is 1. The number of rotatable bonds is 5. The highest BCUT2D eigenvalue weighted by atomic mass is 16.5. The van der Waals surface area contributed by atoms with Crippen LogP contribution in [0.4, 0.5) is 0 Å². The van der Waals surface area contributed by atoms with E-state index in [9.17, 15) is 4.79 Å². The predicted molar refractivity (Wildman–Crippen MR) is 107 cm³/mol. The number of piperazine rings is 1. The number of imidazole rings is 1. The van der Waals surface area contributed by atoms with E-state index in [2.05, 4.69) is 33.8 Å². The minimum Gasteiger partial charge on any atom is -0.361 e. The third-order valence-electron chi connectivity index (χ3n) is 5.74. The summed E-state index contributed by atoms with van der Waals surface area (Å²) in [6.45, 7) is 7.93. The fourth-order valence-corrected chi connectivity index (χ4v) is 3.94. The van der Waals surface area contributed by atoms with Crippen molar-refractivity contribution < 1.29 is 9.32 Å². The average Bonchev–Trinajstić information content (AvgIpc) is 3.20. The highest BCUT2D eigenvalue weighted by molar-refractivity contribution is 5.77. The molecular formula is C21H27N5O2. The lowest BCUT2D eigenvalue weighted by Gasteiger charge is -2.34. The standard InChI is InChI=1S/C21H27N5O2/c1-15-17(16(2)28-23-15)8-9-21(27)26-12-10-25(11-13-26)14-20-22-18-6-4-5-7-19(18)24(20)3/h4-7H,8-14H2,1-3H3. The Morgan fingerprint density at radius 1 is 1.14 bits per heavy atom. The number of benzene rings is 1. The highest BCUT2D eigenvalue weighted by Crippen LogP contribution is 2.18. The number of aryl methyl sites for hydroxylation is 3. The van der Waals surface area contributed by atoms with Gasteiger partial charge >= 0.3 is 0 Å². The van der Waals surface area contributed by atoms with E-state index in [1.165, 1.54) is 0 Å². The number of hydrogen-bond donors (Lipinski definition) is 0. The second-order valence-corrected chi connectivity index (χ2v) is 7.54. The van der Waals surface area contributed by atoms with Gasteiger partial charge in [-0.2, -0.15) is 0 Å². The van der Waals surface area contributed by atoms with E-state index < -0.39 is 0 Å². The Morgan fingerprint density at radius 3 is 2.57 bits per heavy atom. The lowest BCUT2D eigenvalue weighted by atomic mass is 10.1. The quantitative estimate of drug-likeness (QED) is 0.679. The predicted octanol–water partition coefficient (Wildman–Crippen LogP) is 2.46. The third kappa shape index (κ3) is 3.67. The molecule has 1 aromatic carbocycles. The largest absolute Gasteiger partial charge is 0.361 e. The van der Waals surface area contributed by atoms with Gasteiger partial charge in [-0.1, -0.05) is 17.3 Å². The van der Waals surface area contributed by atoms with Crippen LogP contribution in [0, 0.1) is 13.8 Å². The monoisotopic (exact) mass is 381 g/mol. The van der Waals surface area contributed by atoms with Gasteiger partial charge in [-0.15, -0.1) is 0 Å². The maximum Gasteiger partial charge on any atom is 0.222 e. The van der Waals surface area contributed by atoms with Crippen molar-refractivity contribution in [3.8, 4) is 0 Å². The fourth-order valence-electron chi connectivity index (χ4n) is 3.94. The van der Waals surface area contributed by atoms with E-state index in [1.807, 2.05) is 30.9 Å². The Hall–Kier alpha value is -2.67. The molecule has 1 amide bonds. The fraction of sp³-hybridized carbons (Fsp3) is 0.476. The summed E-state index contributed by atoms with van der Waals surface area (Å²) in [6.07, 6.45) is 1.20. The molecule has 1 aliphatic rings. The number of fused-ring (bicyclic) bond motifs is 1. The van der Waals surface area contributed by atoms with E-state index >= 15 is 0 Å². The molecule has 4 rings (SSSR count). The molecule has 1 aliphatic heterocycles. The zero-order chi connectivity index (χ0) is 19.7. The number of aromatic nitrogens is 3. The summed E-state index contributed by atoms with van der Waals surface area (Å²) in [5.74, 6) is 2.10.